The number of morpholine rings is 1. The molecular weight excluding hydrogens is 385 g/mol. The van der Waals surface area contributed by atoms with Crippen molar-refractivity contribution in [1.82, 2.24) is 10.2 Å². The molecule has 6 nitrogen and oxygen atoms in total. The van der Waals surface area contributed by atoms with Crippen LogP contribution in [0.3, 0.4) is 0 Å². The Morgan fingerprint density at radius 2 is 1.83 bits per heavy atom. The Morgan fingerprint density at radius 3 is 2.53 bits per heavy atom. The Labute approximate surface area is 179 Å². The van der Waals surface area contributed by atoms with Crippen LogP contribution in [-0.2, 0) is 9.53 Å². The van der Waals surface area contributed by atoms with E-state index in [-0.39, 0.29) is 17.6 Å². The first kappa shape index (κ1) is 23.0. The highest BCUT2D eigenvalue weighted by atomic mass is 19.1. The lowest BCUT2D eigenvalue weighted by molar-refractivity contribution is -0.137. The second kappa shape index (κ2) is 12.2. The van der Waals surface area contributed by atoms with Crippen molar-refractivity contribution in [3.63, 3.8) is 0 Å². The second-order valence-corrected chi connectivity index (χ2v) is 8.53. The van der Waals surface area contributed by atoms with E-state index in [9.17, 15) is 14.3 Å². The minimum absolute atomic E-state index is 0.0886. The lowest BCUT2D eigenvalue weighted by atomic mass is 9.81. The highest BCUT2D eigenvalue weighted by Crippen LogP contribution is 2.31. The van der Waals surface area contributed by atoms with E-state index in [1.165, 1.54) is 44.2 Å². The fourth-order valence-electron chi connectivity index (χ4n) is 4.50. The molecule has 2 fully saturated rings. The van der Waals surface area contributed by atoms with Crippen molar-refractivity contribution in [2.75, 3.05) is 44.7 Å². The molecule has 168 valence electrons. The molecule has 1 saturated carbocycles. The van der Waals surface area contributed by atoms with Crippen LogP contribution >= 0.6 is 0 Å². The molecule has 7 heteroatoms. The van der Waals surface area contributed by atoms with E-state index in [4.69, 9.17) is 4.74 Å². The van der Waals surface area contributed by atoms with Gasteiger partial charge in [0.15, 0.2) is 0 Å². The number of ether oxygens (including phenoxy) is 1. The molecule has 3 N–H and O–H groups in total. The number of nitrogens with zero attached hydrogens (tertiary/aromatic N) is 1. The van der Waals surface area contributed by atoms with Crippen molar-refractivity contribution in [3.8, 4) is 0 Å². The van der Waals surface area contributed by atoms with Crippen molar-refractivity contribution in [1.29, 1.82) is 0 Å². The molecule has 30 heavy (non-hydrogen) atoms. The zero-order chi connectivity index (χ0) is 21.2. The molecule has 1 aromatic carbocycles. The molecule has 0 bridgehead atoms. The van der Waals surface area contributed by atoms with Gasteiger partial charge in [0.2, 0.25) is 5.91 Å². The average Bonchev–Trinajstić information content (AvgIpc) is 2.78. The van der Waals surface area contributed by atoms with Gasteiger partial charge in [-0.15, -0.1) is 0 Å². The summed E-state index contributed by atoms with van der Waals surface area (Å²) in [5.74, 6) is 0.360. The van der Waals surface area contributed by atoms with Crippen LogP contribution in [0.1, 0.15) is 44.9 Å². The van der Waals surface area contributed by atoms with Crippen LogP contribution in [-0.4, -0.2) is 61.5 Å². The summed E-state index contributed by atoms with van der Waals surface area (Å²) in [6.45, 7) is 3.63. The minimum Gasteiger partial charge on any atom is -0.384 e. The largest absolute Gasteiger partial charge is 0.384 e. The van der Waals surface area contributed by atoms with E-state index in [1.807, 2.05) is 4.90 Å². The molecule has 1 amide bonds. The SMILES string of the molecule is O=C(C[C@@H](CC1CCCCC1)C(O)NCCNc1ccc(F)cc1)N1CCOCC1. The predicted molar refractivity (Wildman–Crippen MR) is 116 cm³/mol. The van der Waals surface area contributed by atoms with Crippen LogP contribution in [0, 0.1) is 17.7 Å². The summed E-state index contributed by atoms with van der Waals surface area (Å²) in [4.78, 5) is 14.6. The summed E-state index contributed by atoms with van der Waals surface area (Å²) in [7, 11) is 0. The fraction of sp³-hybridized carbons (Fsp3) is 0.696. The number of carbonyl (C=O) groups is 1. The quantitative estimate of drug-likeness (QED) is 0.400. The molecule has 3 rings (SSSR count). The first-order valence-corrected chi connectivity index (χ1v) is 11.4. The molecule has 0 radical (unpaired) electrons. The Morgan fingerprint density at radius 1 is 1.13 bits per heavy atom. The molecule has 2 aliphatic rings. The van der Waals surface area contributed by atoms with E-state index in [0.717, 1.165) is 12.1 Å². The molecule has 1 unspecified atom stereocenters. The van der Waals surface area contributed by atoms with Gasteiger partial charge in [0.05, 0.1) is 13.2 Å². The van der Waals surface area contributed by atoms with Gasteiger partial charge >= 0.3 is 0 Å². The Balaban J connectivity index is 1.48. The Hall–Kier alpha value is -1.70. The number of halogens is 1. The number of hydrogen-bond acceptors (Lipinski definition) is 5. The van der Waals surface area contributed by atoms with Crippen LogP contribution in [0.5, 0.6) is 0 Å². The second-order valence-electron chi connectivity index (χ2n) is 8.53. The number of aliphatic hydroxyl groups excluding tert-OH is 1. The summed E-state index contributed by atoms with van der Waals surface area (Å²) in [5, 5.41) is 17.2. The topological polar surface area (TPSA) is 73.8 Å². The van der Waals surface area contributed by atoms with Gasteiger partial charge in [-0.1, -0.05) is 32.1 Å². The van der Waals surface area contributed by atoms with Gasteiger partial charge in [0.25, 0.3) is 0 Å². The average molecular weight is 422 g/mol. The van der Waals surface area contributed by atoms with Crippen molar-refractivity contribution in [2.45, 2.75) is 51.2 Å². The van der Waals surface area contributed by atoms with Crippen molar-refractivity contribution in [3.05, 3.63) is 30.1 Å². The Kier molecular flexibility index (Phi) is 9.36. The van der Waals surface area contributed by atoms with Gasteiger partial charge in [-0.2, -0.15) is 0 Å². The number of hydrogen-bond donors (Lipinski definition) is 3. The lowest BCUT2D eigenvalue weighted by Crippen LogP contribution is -2.45. The molecule has 1 heterocycles. The third-order valence-corrected chi connectivity index (χ3v) is 6.26. The maximum absolute atomic E-state index is 13.0. The van der Waals surface area contributed by atoms with E-state index in [2.05, 4.69) is 10.6 Å². The van der Waals surface area contributed by atoms with Gasteiger partial charge in [-0.3, -0.25) is 10.1 Å². The number of rotatable bonds is 10. The molecule has 2 atom stereocenters. The van der Waals surface area contributed by atoms with Gasteiger partial charge in [0, 0.05) is 44.2 Å². The normalized spacial score (nSPS) is 20.0. The third-order valence-electron chi connectivity index (χ3n) is 6.26. The molecule has 1 aromatic rings. The Bertz CT molecular complexity index is 631. The maximum atomic E-state index is 13.0. The fourth-order valence-corrected chi connectivity index (χ4v) is 4.50. The first-order chi connectivity index (χ1) is 14.6. The maximum Gasteiger partial charge on any atom is 0.223 e. The van der Waals surface area contributed by atoms with E-state index < -0.39 is 6.23 Å². The molecule has 1 aliphatic heterocycles. The van der Waals surface area contributed by atoms with Crippen LogP contribution in [0.4, 0.5) is 10.1 Å². The number of anilines is 1. The molecule has 1 saturated heterocycles. The number of amides is 1. The predicted octanol–water partition coefficient (Wildman–Crippen LogP) is 2.98. The van der Waals surface area contributed by atoms with E-state index in [0.29, 0.717) is 51.7 Å². The first-order valence-electron chi connectivity index (χ1n) is 11.4. The highest BCUT2D eigenvalue weighted by Gasteiger charge is 2.28. The van der Waals surface area contributed by atoms with Crippen molar-refractivity contribution < 1.29 is 19.0 Å². The molecular formula is C23H36FN3O3. The highest BCUT2D eigenvalue weighted by molar-refractivity contribution is 5.76. The summed E-state index contributed by atoms with van der Waals surface area (Å²) in [6, 6.07) is 6.22. The van der Waals surface area contributed by atoms with Gasteiger partial charge in [-0.05, 0) is 36.6 Å². The van der Waals surface area contributed by atoms with Crippen LogP contribution in [0.25, 0.3) is 0 Å². The number of carbonyl (C=O) groups excluding carboxylic acids is 1. The monoisotopic (exact) mass is 421 g/mol. The van der Waals surface area contributed by atoms with Gasteiger partial charge < -0.3 is 20.1 Å². The van der Waals surface area contributed by atoms with Crippen LogP contribution in [0.2, 0.25) is 0 Å². The molecule has 1 aliphatic carbocycles. The molecule has 0 spiro atoms. The van der Waals surface area contributed by atoms with E-state index >= 15 is 0 Å². The van der Waals surface area contributed by atoms with Crippen LogP contribution in [0.15, 0.2) is 24.3 Å². The van der Waals surface area contributed by atoms with Crippen molar-refractivity contribution in [2.24, 2.45) is 11.8 Å². The number of aliphatic hydroxyl groups is 1. The van der Waals surface area contributed by atoms with Gasteiger partial charge in [0.1, 0.15) is 12.0 Å². The third kappa shape index (κ3) is 7.52. The summed E-state index contributed by atoms with van der Waals surface area (Å²) < 4.78 is 18.3. The van der Waals surface area contributed by atoms with Gasteiger partial charge in [-0.25, -0.2) is 4.39 Å². The van der Waals surface area contributed by atoms with Crippen LogP contribution < -0.4 is 10.6 Å². The summed E-state index contributed by atoms with van der Waals surface area (Å²) in [6.07, 6.45) is 6.73. The zero-order valence-corrected chi connectivity index (χ0v) is 17.8. The smallest absolute Gasteiger partial charge is 0.223 e. The van der Waals surface area contributed by atoms with E-state index in [1.54, 1.807) is 12.1 Å². The number of benzene rings is 1. The van der Waals surface area contributed by atoms with Crippen molar-refractivity contribution >= 4 is 11.6 Å². The standard InChI is InChI=1S/C23H36FN3O3/c24-20-6-8-21(9-7-20)25-10-11-26-23(29)19(16-18-4-2-1-3-5-18)17-22(28)27-12-14-30-15-13-27/h6-9,18-19,23,25-26,29H,1-5,10-17H2/t19-,23?/m1/s1. The number of nitrogens with one attached hydrogen (secondary N) is 2. The summed E-state index contributed by atoms with van der Waals surface area (Å²) in [5.41, 5.74) is 0.842. The zero-order valence-electron chi connectivity index (χ0n) is 17.8. The lowest BCUT2D eigenvalue weighted by Gasteiger charge is -2.32. The minimum atomic E-state index is -0.716. The molecule has 0 aromatic heterocycles. The summed E-state index contributed by atoms with van der Waals surface area (Å²) >= 11 is 0.